The van der Waals surface area contributed by atoms with E-state index in [9.17, 15) is 0 Å². The molecule has 0 amide bonds. The van der Waals surface area contributed by atoms with Crippen LogP contribution in [-0.4, -0.2) is 11.7 Å². The molecule has 0 bridgehead atoms. The lowest BCUT2D eigenvalue weighted by Gasteiger charge is -2.03. The van der Waals surface area contributed by atoms with Crippen LogP contribution in [0.3, 0.4) is 0 Å². The summed E-state index contributed by atoms with van der Waals surface area (Å²) in [6.07, 6.45) is 0.952. The first-order chi connectivity index (χ1) is 9.29. The van der Waals surface area contributed by atoms with Gasteiger partial charge < -0.3 is 5.73 Å². The molecule has 1 aliphatic heterocycles. The van der Waals surface area contributed by atoms with E-state index in [-0.39, 0.29) is 0 Å². The van der Waals surface area contributed by atoms with E-state index in [0.717, 1.165) is 23.2 Å². The van der Waals surface area contributed by atoms with Gasteiger partial charge in [-0.15, -0.1) is 0 Å². The summed E-state index contributed by atoms with van der Waals surface area (Å²) in [7, 11) is 0. The molecule has 0 spiro atoms. The molecular weight excluding hydrogens is 234 g/mol. The van der Waals surface area contributed by atoms with Crippen molar-refractivity contribution in [3.63, 3.8) is 0 Å². The molecule has 1 heterocycles. The van der Waals surface area contributed by atoms with E-state index in [0.29, 0.717) is 11.7 Å². The first kappa shape index (κ1) is 11.7. The Kier molecular flexibility index (Phi) is 2.88. The molecule has 0 saturated heterocycles. The lowest BCUT2D eigenvalue weighted by molar-refractivity contribution is 1.13. The van der Waals surface area contributed by atoms with Crippen molar-refractivity contribution < 1.29 is 0 Å². The number of nitrogens with zero attached hydrogens (tertiary/aromatic N) is 2. The van der Waals surface area contributed by atoms with Gasteiger partial charge in [0.25, 0.3) is 0 Å². The van der Waals surface area contributed by atoms with Gasteiger partial charge in [-0.05, 0) is 18.1 Å². The predicted octanol–water partition coefficient (Wildman–Crippen LogP) is 3.05. The van der Waals surface area contributed by atoms with Crippen LogP contribution in [0, 0.1) is 0 Å². The van der Waals surface area contributed by atoms with E-state index >= 15 is 0 Å². The molecule has 0 radical (unpaired) electrons. The molecule has 0 unspecified atom stereocenters. The van der Waals surface area contributed by atoms with Crippen molar-refractivity contribution in [1.29, 1.82) is 0 Å². The van der Waals surface area contributed by atoms with Gasteiger partial charge >= 0.3 is 0 Å². The summed E-state index contributed by atoms with van der Waals surface area (Å²) in [5.41, 5.74) is 10.1. The van der Waals surface area contributed by atoms with E-state index in [1.807, 2.05) is 42.5 Å². The summed E-state index contributed by atoms with van der Waals surface area (Å²) in [5, 5.41) is 0. The summed E-state index contributed by atoms with van der Waals surface area (Å²) in [6.45, 7) is 2.12. The van der Waals surface area contributed by atoms with Gasteiger partial charge in [0.1, 0.15) is 5.84 Å². The maximum absolute atomic E-state index is 5.93. The number of benzene rings is 2. The van der Waals surface area contributed by atoms with Crippen molar-refractivity contribution in [3.05, 3.63) is 65.2 Å². The quantitative estimate of drug-likeness (QED) is 0.873. The molecule has 0 saturated carbocycles. The highest BCUT2D eigenvalue weighted by Gasteiger charge is 2.18. The van der Waals surface area contributed by atoms with Crippen LogP contribution in [0.15, 0.2) is 58.5 Å². The van der Waals surface area contributed by atoms with E-state index in [1.165, 1.54) is 5.56 Å². The summed E-state index contributed by atoms with van der Waals surface area (Å²) in [5.74, 6) is 1.25. The summed E-state index contributed by atoms with van der Waals surface area (Å²) < 4.78 is 0. The van der Waals surface area contributed by atoms with Crippen molar-refractivity contribution in [2.45, 2.75) is 13.3 Å². The second-order valence-electron chi connectivity index (χ2n) is 4.46. The van der Waals surface area contributed by atoms with Crippen molar-refractivity contribution >= 4 is 17.4 Å². The van der Waals surface area contributed by atoms with Crippen LogP contribution in [-0.2, 0) is 6.42 Å². The van der Waals surface area contributed by atoms with Crippen molar-refractivity contribution in [2.24, 2.45) is 15.7 Å². The molecule has 0 aromatic heterocycles. The van der Waals surface area contributed by atoms with E-state index in [2.05, 4.69) is 23.0 Å². The Hall–Kier alpha value is -2.42. The fourth-order valence-electron chi connectivity index (χ4n) is 2.25. The molecule has 0 fully saturated rings. The number of nitrogens with two attached hydrogens (primary N) is 1. The first-order valence-corrected chi connectivity index (χ1v) is 6.40. The topological polar surface area (TPSA) is 50.7 Å². The molecule has 2 aromatic carbocycles. The van der Waals surface area contributed by atoms with Gasteiger partial charge in [-0.25, -0.2) is 9.98 Å². The normalized spacial score (nSPS) is 15.4. The van der Waals surface area contributed by atoms with Gasteiger partial charge in [-0.3, -0.25) is 0 Å². The average Bonchev–Trinajstić information content (AvgIpc) is 2.77. The fourth-order valence-corrected chi connectivity index (χ4v) is 2.25. The Labute approximate surface area is 112 Å². The number of hydrogen-bond donors (Lipinski definition) is 1. The van der Waals surface area contributed by atoms with Crippen LogP contribution >= 0.6 is 0 Å². The molecule has 1 aliphatic rings. The number of hydrogen-bond acceptors (Lipinski definition) is 2. The molecule has 3 nitrogen and oxygen atoms in total. The Balaban J connectivity index is 2.11. The van der Waals surface area contributed by atoms with Crippen molar-refractivity contribution in [3.8, 4) is 0 Å². The molecule has 94 valence electrons. The Morgan fingerprint density at radius 2 is 1.68 bits per heavy atom. The summed E-state index contributed by atoms with van der Waals surface area (Å²) >= 11 is 0. The highest BCUT2D eigenvalue weighted by Crippen LogP contribution is 2.24. The van der Waals surface area contributed by atoms with E-state index < -0.39 is 0 Å². The number of fused-ring (bicyclic) bond motifs is 1. The average molecular weight is 249 g/mol. The number of rotatable bonds is 2. The molecule has 19 heavy (non-hydrogen) atoms. The third kappa shape index (κ3) is 2.03. The van der Waals surface area contributed by atoms with Crippen LogP contribution in [0.5, 0.6) is 0 Å². The Morgan fingerprint density at radius 1 is 1.00 bits per heavy atom. The Bertz CT molecular complexity index is 684. The Morgan fingerprint density at radius 3 is 2.47 bits per heavy atom. The SMILES string of the molecule is CCc1ccccc1N=C1N=C(N)c2ccccc21. The number of aryl methyl sites for hydroxylation is 1. The highest BCUT2D eigenvalue weighted by atomic mass is 15.0. The van der Waals surface area contributed by atoms with Crippen molar-refractivity contribution in [1.82, 2.24) is 0 Å². The second-order valence-corrected chi connectivity index (χ2v) is 4.46. The molecule has 2 aromatic rings. The molecular formula is C16H15N3. The van der Waals surface area contributed by atoms with E-state index in [1.54, 1.807) is 0 Å². The van der Waals surface area contributed by atoms with Gasteiger partial charge in [0, 0.05) is 11.1 Å². The minimum atomic E-state index is 0.545. The third-order valence-electron chi connectivity index (χ3n) is 3.27. The van der Waals surface area contributed by atoms with Crippen molar-refractivity contribution in [2.75, 3.05) is 0 Å². The fraction of sp³-hybridized carbons (Fsp3) is 0.125. The van der Waals surface area contributed by atoms with Gasteiger partial charge in [0.2, 0.25) is 0 Å². The maximum atomic E-state index is 5.93. The van der Waals surface area contributed by atoms with Gasteiger partial charge in [-0.1, -0.05) is 49.4 Å². The zero-order valence-corrected chi connectivity index (χ0v) is 10.8. The van der Waals surface area contributed by atoms with E-state index in [4.69, 9.17) is 5.73 Å². The number of aliphatic imine (C=N–C) groups is 2. The van der Waals surface area contributed by atoms with Crippen LogP contribution in [0.1, 0.15) is 23.6 Å². The predicted molar refractivity (Wildman–Crippen MR) is 79.2 cm³/mol. The van der Waals surface area contributed by atoms with Crippen LogP contribution in [0.25, 0.3) is 0 Å². The standard InChI is InChI=1S/C16H15N3/c1-2-11-7-3-6-10-14(11)18-16-13-9-5-4-8-12(13)15(17)19-16/h3-10H,2H2,1H3,(H2,17,18,19). The lowest BCUT2D eigenvalue weighted by atomic mass is 10.1. The molecule has 0 aliphatic carbocycles. The van der Waals surface area contributed by atoms with Crippen LogP contribution < -0.4 is 5.73 Å². The minimum Gasteiger partial charge on any atom is -0.383 e. The maximum Gasteiger partial charge on any atom is 0.162 e. The first-order valence-electron chi connectivity index (χ1n) is 6.40. The third-order valence-corrected chi connectivity index (χ3v) is 3.27. The smallest absolute Gasteiger partial charge is 0.162 e. The van der Waals surface area contributed by atoms with Gasteiger partial charge in [-0.2, -0.15) is 0 Å². The lowest BCUT2D eigenvalue weighted by Crippen LogP contribution is -2.09. The minimum absolute atomic E-state index is 0.545. The van der Waals surface area contributed by atoms with Gasteiger partial charge in [0.05, 0.1) is 5.69 Å². The van der Waals surface area contributed by atoms with Crippen LogP contribution in [0.2, 0.25) is 0 Å². The summed E-state index contributed by atoms with van der Waals surface area (Å²) in [6, 6.07) is 16.0. The van der Waals surface area contributed by atoms with Gasteiger partial charge in [0.15, 0.2) is 5.84 Å². The molecule has 2 N–H and O–H groups in total. The molecule has 0 atom stereocenters. The largest absolute Gasteiger partial charge is 0.383 e. The second kappa shape index (κ2) is 4.69. The molecule has 3 heteroatoms. The summed E-state index contributed by atoms with van der Waals surface area (Å²) in [4.78, 5) is 9.04. The highest BCUT2D eigenvalue weighted by molar-refractivity contribution is 6.22. The number of para-hydroxylation sites is 1. The zero-order valence-electron chi connectivity index (χ0n) is 10.8. The monoisotopic (exact) mass is 249 g/mol. The zero-order chi connectivity index (χ0) is 13.2. The molecule has 3 rings (SSSR count). The number of amidine groups is 2. The van der Waals surface area contributed by atoms with Crippen LogP contribution in [0.4, 0.5) is 5.69 Å².